The van der Waals surface area contributed by atoms with Gasteiger partial charge in [0.2, 0.25) is 5.91 Å². The molecule has 0 heterocycles. The Balaban J connectivity index is 2.35. The molecule has 25 heavy (non-hydrogen) atoms. The molecule has 1 N–H and O–H groups in total. The number of carbonyl (C=O) groups excluding carboxylic acids is 1. The number of benzene rings is 1. The highest BCUT2D eigenvalue weighted by Crippen LogP contribution is 2.28. The van der Waals surface area contributed by atoms with Crippen molar-refractivity contribution in [2.45, 2.75) is 66.0 Å². The number of nitrogens with one attached hydrogen (secondary N) is 1. The van der Waals surface area contributed by atoms with Gasteiger partial charge in [-0.05, 0) is 56.7 Å². The standard InChI is InChI=1S/C21H33NO3/c1-16(2)10-8-6-7-9-11-21(23)22-15-18-12-13-19(25-17(3)4)20(14-18)24-5/h8,10,12-14,16-17H,6-7,9,11,15H2,1-5H3,(H,22,23)/b10-8-. The van der Waals surface area contributed by atoms with E-state index in [1.807, 2.05) is 32.0 Å². The molecule has 0 fully saturated rings. The Kier molecular flexibility index (Phi) is 9.75. The molecular weight excluding hydrogens is 314 g/mol. The second-order valence-corrected chi connectivity index (χ2v) is 6.85. The molecule has 4 nitrogen and oxygen atoms in total. The van der Waals surface area contributed by atoms with Crippen LogP contribution >= 0.6 is 0 Å². The van der Waals surface area contributed by atoms with E-state index in [0.29, 0.717) is 24.6 Å². The topological polar surface area (TPSA) is 47.6 Å². The monoisotopic (exact) mass is 347 g/mol. The minimum absolute atomic E-state index is 0.0920. The first-order valence-electron chi connectivity index (χ1n) is 9.19. The Bertz CT molecular complexity index is 550. The molecule has 1 aromatic carbocycles. The lowest BCUT2D eigenvalue weighted by Gasteiger charge is -2.14. The summed E-state index contributed by atoms with van der Waals surface area (Å²) in [6.45, 7) is 8.80. The molecule has 1 amide bonds. The first-order valence-corrected chi connectivity index (χ1v) is 9.19. The SMILES string of the molecule is COc1cc(CNC(=O)CCCC/C=C\C(C)C)ccc1OC(C)C. The maximum absolute atomic E-state index is 11.9. The van der Waals surface area contributed by atoms with Gasteiger partial charge in [0.1, 0.15) is 0 Å². The number of hydrogen-bond acceptors (Lipinski definition) is 3. The third-order valence-electron chi connectivity index (χ3n) is 3.63. The van der Waals surface area contributed by atoms with E-state index in [-0.39, 0.29) is 12.0 Å². The minimum Gasteiger partial charge on any atom is -0.493 e. The van der Waals surface area contributed by atoms with E-state index in [1.165, 1.54) is 0 Å². The summed E-state index contributed by atoms with van der Waals surface area (Å²) >= 11 is 0. The zero-order valence-corrected chi connectivity index (χ0v) is 16.3. The van der Waals surface area contributed by atoms with Crippen LogP contribution in [0.1, 0.15) is 58.9 Å². The Hall–Kier alpha value is -1.97. The number of carbonyl (C=O) groups is 1. The molecule has 0 atom stereocenters. The highest BCUT2D eigenvalue weighted by Gasteiger charge is 2.08. The maximum atomic E-state index is 11.9. The Morgan fingerprint density at radius 2 is 1.92 bits per heavy atom. The van der Waals surface area contributed by atoms with Gasteiger partial charge in [0, 0.05) is 13.0 Å². The number of ether oxygens (including phenoxy) is 2. The second-order valence-electron chi connectivity index (χ2n) is 6.85. The minimum atomic E-state index is 0.0920. The average molecular weight is 347 g/mol. The fourth-order valence-electron chi connectivity index (χ4n) is 2.38. The van der Waals surface area contributed by atoms with Gasteiger partial charge in [-0.25, -0.2) is 0 Å². The summed E-state index contributed by atoms with van der Waals surface area (Å²) in [7, 11) is 1.62. The van der Waals surface area contributed by atoms with Crippen molar-refractivity contribution in [3.63, 3.8) is 0 Å². The quantitative estimate of drug-likeness (QED) is 0.459. The summed E-state index contributed by atoms with van der Waals surface area (Å²) < 4.78 is 11.1. The van der Waals surface area contributed by atoms with Crippen LogP contribution in [0.15, 0.2) is 30.4 Å². The van der Waals surface area contributed by atoms with E-state index in [0.717, 1.165) is 30.6 Å². The van der Waals surface area contributed by atoms with Crippen LogP contribution in [0.4, 0.5) is 0 Å². The van der Waals surface area contributed by atoms with Crippen molar-refractivity contribution in [2.75, 3.05) is 7.11 Å². The van der Waals surface area contributed by atoms with E-state index in [2.05, 4.69) is 31.3 Å². The Labute approximate surface area is 152 Å². The molecule has 0 aliphatic heterocycles. The van der Waals surface area contributed by atoms with Gasteiger partial charge in [0.15, 0.2) is 11.5 Å². The highest BCUT2D eigenvalue weighted by molar-refractivity contribution is 5.75. The summed E-state index contributed by atoms with van der Waals surface area (Å²) in [6, 6.07) is 5.76. The summed E-state index contributed by atoms with van der Waals surface area (Å²) in [5.74, 6) is 2.10. The molecular formula is C21H33NO3. The van der Waals surface area contributed by atoms with Gasteiger partial charge in [-0.1, -0.05) is 32.1 Å². The van der Waals surface area contributed by atoms with Crippen molar-refractivity contribution < 1.29 is 14.3 Å². The summed E-state index contributed by atoms with van der Waals surface area (Å²) in [5.41, 5.74) is 1.00. The van der Waals surface area contributed by atoms with Crippen LogP contribution in [0.3, 0.4) is 0 Å². The van der Waals surface area contributed by atoms with Gasteiger partial charge in [0.05, 0.1) is 13.2 Å². The zero-order chi connectivity index (χ0) is 18.7. The van der Waals surface area contributed by atoms with Gasteiger partial charge in [-0.15, -0.1) is 0 Å². The van der Waals surface area contributed by atoms with Crippen LogP contribution in [0.25, 0.3) is 0 Å². The molecule has 0 saturated carbocycles. The van der Waals surface area contributed by atoms with Gasteiger partial charge >= 0.3 is 0 Å². The van der Waals surface area contributed by atoms with E-state index in [4.69, 9.17) is 9.47 Å². The van der Waals surface area contributed by atoms with Crippen molar-refractivity contribution in [1.82, 2.24) is 5.32 Å². The normalized spacial score (nSPS) is 11.3. The molecule has 4 heteroatoms. The first kappa shape index (κ1) is 21.1. The number of unbranched alkanes of at least 4 members (excludes halogenated alkanes) is 2. The lowest BCUT2D eigenvalue weighted by Crippen LogP contribution is -2.22. The number of amides is 1. The fourth-order valence-corrected chi connectivity index (χ4v) is 2.38. The van der Waals surface area contributed by atoms with Crippen LogP contribution in [0.2, 0.25) is 0 Å². The smallest absolute Gasteiger partial charge is 0.220 e. The average Bonchev–Trinajstić information content (AvgIpc) is 2.56. The summed E-state index contributed by atoms with van der Waals surface area (Å²) in [5, 5.41) is 2.97. The van der Waals surface area contributed by atoms with Gasteiger partial charge in [-0.2, -0.15) is 0 Å². The molecule has 0 unspecified atom stereocenters. The largest absolute Gasteiger partial charge is 0.493 e. The second kappa shape index (κ2) is 11.6. The Morgan fingerprint density at radius 1 is 1.16 bits per heavy atom. The highest BCUT2D eigenvalue weighted by atomic mass is 16.5. The lowest BCUT2D eigenvalue weighted by atomic mass is 10.1. The van der Waals surface area contributed by atoms with E-state index in [1.54, 1.807) is 7.11 Å². The van der Waals surface area contributed by atoms with Crippen molar-refractivity contribution >= 4 is 5.91 Å². The van der Waals surface area contributed by atoms with Crippen LogP contribution in [-0.2, 0) is 11.3 Å². The number of methoxy groups -OCH3 is 1. The van der Waals surface area contributed by atoms with Crippen molar-refractivity contribution in [3.8, 4) is 11.5 Å². The summed E-state index contributed by atoms with van der Waals surface area (Å²) in [6.07, 6.45) is 8.08. The van der Waals surface area contributed by atoms with Gasteiger partial charge < -0.3 is 14.8 Å². The van der Waals surface area contributed by atoms with Crippen LogP contribution in [0, 0.1) is 5.92 Å². The van der Waals surface area contributed by atoms with E-state index >= 15 is 0 Å². The number of hydrogen-bond donors (Lipinski definition) is 1. The lowest BCUT2D eigenvalue weighted by molar-refractivity contribution is -0.121. The molecule has 140 valence electrons. The van der Waals surface area contributed by atoms with Crippen LogP contribution in [-0.4, -0.2) is 19.1 Å². The van der Waals surface area contributed by atoms with Crippen molar-refractivity contribution in [1.29, 1.82) is 0 Å². The van der Waals surface area contributed by atoms with Crippen LogP contribution in [0.5, 0.6) is 11.5 Å². The molecule has 1 rings (SSSR count). The van der Waals surface area contributed by atoms with Gasteiger partial charge in [-0.3, -0.25) is 4.79 Å². The maximum Gasteiger partial charge on any atom is 0.220 e. The molecule has 0 radical (unpaired) electrons. The molecule has 0 bridgehead atoms. The number of allylic oxidation sites excluding steroid dienone is 2. The molecule has 0 aliphatic carbocycles. The summed E-state index contributed by atoms with van der Waals surface area (Å²) in [4.78, 5) is 11.9. The number of rotatable bonds is 11. The molecule has 1 aromatic rings. The molecule has 0 saturated heterocycles. The predicted molar refractivity (Wildman–Crippen MR) is 103 cm³/mol. The first-order chi connectivity index (χ1) is 11.9. The molecule has 0 spiro atoms. The van der Waals surface area contributed by atoms with Gasteiger partial charge in [0.25, 0.3) is 0 Å². The molecule has 0 aliphatic rings. The molecule has 0 aromatic heterocycles. The predicted octanol–water partition coefficient (Wildman–Crippen LogP) is 4.87. The van der Waals surface area contributed by atoms with E-state index < -0.39 is 0 Å². The van der Waals surface area contributed by atoms with Crippen molar-refractivity contribution in [2.24, 2.45) is 5.92 Å². The third-order valence-corrected chi connectivity index (χ3v) is 3.63. The zero-order valence-electron chi connectivity index (χ0n) is 16.3. The van der Waals surface area contributed by atoms with Crippen molar-refractivity contribution in [3.05, 3.63) is 35.9 Å². The van der Waals surface area contributed by atoms with E-state index in [9.17, 15) is 4.79 Å². The van der Waals surface area contributed by atoms with Crippen LogP contribution < -0.4 is 14.8 Å². The third kappa shape index (κ3) is 9.18. The Morgan fingerprint density at radius 3 is 2.56 bits per heavy atom. The fraction of sp³-hybridized carbons (Fsp3) is 0.571.